The standard InChI is InChI=1S/C14H16FNO3S/c1-20-8-10-6-11(15)3-2-9(10)7-16-12(17)14(4-5-14)13(18)19/h2-3,6H,4-5,7-8H2,1H3,(H,16,17)(H,18,19). The molecule has 1 aromatic rings. The third kappa shape index (κ3) is 2.95. The first kappa shape index (κ1) is 14.8. The van der Waals surface area contributed by atoms with Gasteiger partial charge in [0.15, 0.2) is 0 Å². The number of carboxylic acid groups (broad SMARTS) is 1. The number of hydrogen-bond acceptors (Lipinski definition) is 3. The fourth-order valence-electron chi connectivity index (χ4n) is 2.06. The highest BCUT2D eigenvalue weighted by atomic mass is 32.2. The van der Waals surface area contributed by atoms with Gasteiger partial charge in [0.05, 0.1) is 0 Å². The van der Waals surface area contributed by atoms with Crippen LogP contribution >= 0.6 is 11.8 Å². The topological polar surface area (TPSA) is 66.4 Å². The van der Waals surface area contributed by atoms with E-state index in [2.05, 4.69) is 5.32 Å². The Balaban J connectivity index is 2.04. The molecule has 4 nitrogen and oxygen atoms in total. The molecule has 0 bridgehead atoms. The molecule has 6 heteroatoms. The lowest BCUT2D eigenvalue weighted by Crippen LogP contribution is -2.36. The average Bonchev–Trinajstić information content (AvgIpc) is 3.19. The largest absolute Gasteiger partial charge is 0.480 e. The van der Waals surface area contributed by atoms with Gasteiger partial charge in [-0.05, 0) is 42.4 Å². The van der Waals surface area contributed by atoms with Gasteiger partial charge < -0.3 is 10.4 Å². The molecule has 0 radical (unpaired) electrons. The molecule has 0 atom stereocenters. The van der Waals surface area contributed by atoms with Gasteiger partial charge in [-0.2, -0.15) is 11.8 Å². The number of carbonyl (C=O) groups is 2. The Kier molecular flexibility index (Phi) is 4.32. The average molecular weight is 297 g/mol. The molecule has 1 saturated carbocycles. The van der Waals surface area contributed by atoms with Crippen LogP contribution in [0.3, 0.4) is 0 Å². The van der Waals surface area contributed by atoms with Crippen LogP contribution in [0, 0.1) is 11.2 Å². The van der Waals surface area contributed by atoms with E-state index in [-0.39, 0.29) is 12.4 Å². The quantitative estimate of drug-likeness (QED) is 0.790. The minimum atomic E-state index is -1.24. The Morgan fingerprint density at radius 2 is 2.10 bits per heavy atom. The van der Waals surface area contributed by atoms with Crippen molar-refractivity contribution >= 4 is 23.6 Å². The van der Waals surface area contributed by atoms with Gasteiger partial charge in [0.2, 0.25) is 5.91 Å². The Labute approximate surface area is 120 Å². The van der Waals surface area contributed by atoms with Crippen LogP contribution in [0.25, 0.3) is 0 Å². The first-order valence-corrected chi connectivity index (χ1v) is 7.67. The van der Waals surface area contributed by atoms with Gasteiger partial charge in [0, 0.05) is 12.3 Å². The van der Waals surface area contributed by atoms with Crippen molar-refractivity contribution in [3.05, 3.63) is 35.1 Å². The predicted octanol–water partition coefficient (Wildman–Crippen LogP) is 2.17. The summed E-state index contributed by atoms with van der Waals surface area (Å²) in [5.41, 5.74) is 0.396. The first-order valence-electron chi connectivity index (χ1n) is 6.27. The van der Waals surface area contributed by atoms with E-state index in [1.807, 2.05) is 6.26 Å². The van der Waals surface area contributed by atoms with Crippen LogP contribution in [0.4, 0.5) is 4.39 Å². The Morgan fingerprint density at radius 3 is 2.65 bits per heavy atom. The number of halogens is 1. The number of hydrogen-bond donors (Lipinski definition) is 2. The number of benzene rings is 1. The molecular formula is C14H16FNO3S. The number of amides is 1. The first-order chi connectivity index (χ1) is 9.49. The highest BCUT2D eigenvalue weighted by Crippen LogP contribution is 2.46. The Hall–Kier alpha value is -1.56. The lowest BCUT2D eigenvalue weighted by atomic mass is 10.1. The number of carbonyl (C=O) groups excluding carboxylic acids is 1. The summed E-state index contributed by atoms with van der Waals surface area (Å²) in [6.07, 6.45) is 2.68. The molecule has 0 aliphatic heterocycles. The number of carboxylic acids is 1. The number of nitrogens with one attached hydrogen (secondary N) is 1. The van der Waals surface area contributed by atoms with Crippen LogP contribution in [0.5, 0.6) is 0 Å². The molecule has 0 spiro atoms. The van der Waals surface area contributed by atoms with Gasteiger partial charge in [-0.25, -0.2) is 4.39 Å². The van der Waals surface area contributed by atoms with E-state index in [1.165, 1.54) is 12.1 Å². The summed E-state index contributed by atoms with van der Waals surface area (Å²) in [4.78, 5) is 22.9. The second kappa shape index (κ2) is 5.83. The zero-order valence-corrected chi connectivity index (χ0v) is 11.9. The van der Waals surface area contributed by atoms with Crippen molar-refractivity contribution in [2.24, 2.45) is 5.41 Å². The summed E-state index contributed by atoms with van der Waals surface area (Å²) >= 11 is 1.56. The SMILES string of the molecule is CSCc1cc(F)ccc1CNC(=O)C1(C(=O)O)CC1. The number of rotatable bonds is 6. The molecule has 108 valence electrons. The maximum Gasteiger partial charge on any atom is 0.319 e. The minimum absolute atomic E-state index is 0.226. The molecule has 2 N–H and O–H groups in total. The van der Waals surface area contributed by atoms with Crippen LogP contribution in [-0.2, 0) is 21.9 Å². The van der Waals surface area contributed by atoms with Crippen molar-refractivity contribution in [1.29, 1.82) is 0 Å². The molecule has 1 amide bonds. The summed E-state index contributed by atoms with van der Waals surface area (Å²) in [7, 11) is 0. The molecule has 0 heterocycles. The number of aliphatic carboxylic acids is 1. The van der Waals surface area contributed by atoms with Crippen molar-refractivity contribution in [1.82, 2.24) is 5.32 Å². The molecule has 1 aromatic carbocycles. The fraction of sp³-hybridized carbons (Fsp3) is 0.429. The van der Waals surface area contributed by atoms with E-state index in [0.29, 0.717) is 18.6 Å². The third-order valence-corrected chi connectivity index (χ3v) is 4.10. The number of thioether (sulfide) groups is 1. The molecule has 0 unspecified atom stereocenters. The maximum absolute atomic E-state index is 13.2. The zero-order valence-electron chi connectivity index (χ0n) is 11.1. The fourth-order valence-corrected chi connectivity index (χ4v) is 2.64. The monoisotopic (exact) mass is 297 g/mol. The molecule has 2 rings (SSSR count). The van der Waals surface area contributed by atoms with Crippen LogP contribution in [0.15, 0.2) is 18.2 Å². The lowest BCUT2D eigenvalue weighted by Gasteiger charge is -2.13. The molecular weight excluding hydrogens is 281 g/mol. The Bertz CT molecular complexity index is 543. The molecule has 1 aliphatic rings. The van der Waals surface area contributed by atoms with E-state index in [0.717, 1.165) is 11.1 Å². The second-order valence-electron chi connectivity index (χ2n) is 4.92. The molecule has 0 aromatic heterocycles. The van der Waals surface area contributed by atoms with Crippen LogP contribution in [0.1, 0.15) is 24.0 Å². The van der Waals surface area contributed by atoms with Crippen molar-refractivity contribution < 1.29 is 19.1 Å². The van der Waals surface area contributed by atoms with E-state index in [4.69, 9.17) is 5.11 Å². The molecule has 1 fully saturated rings. The van der Waals surface area contributed by atoms with Gasteiger partial charge in [-0.15, -0.1) is 0 Å². The van der Waals surface area contributed by atoms with Gasteiger partial charge in [-0.3, -0.25) is 9.59 Å². The van der Waals surface area contributed by atoms with Crippen molar-refractivity contribution in [3.8, 4) is 0 Å². The molecule has 0 saturated heterocycles. The van der Waals surface area contributed by atoms with E-state index in [1.54, 1.807) is 17.8 Å². The van der Waals surface area contributed by atoms with E-state index in [9.17, 15) is 14.0 Å². The second-order valence-corrected chi connectivity index (χ2v) is 5.78. The van der Waals surface area contributed by atoms with Crippen LogP contribution < -0.4 is 5.32 Å². The van der Waals surface area contributed by atoms with Gasteiger partial charge in [-0.1, -0.05) is 6.07 Å². The third-order valence-electron chi connectivity index (χ3n) is 3.50. The van der Waals surface area contributed by atoms with Gasteiger partial charge >= 0.3 is 5.97 Å². The highest BCUT2D eigenvalue weighted by Gasteiger charge is 2.56. The highest BCUT2D eigenvalue weighted by molar-refractivity contribution is 7.97. The normalized spacial score (nSPS) is 15.7. The summed E-state index contributed by atoms with van der Waals surface area (Å²) in [5.74, 6) is -1.19. The van der Waals surface area contributed by atoms with Crippen molar-refractivity contribution in [2.45, 2.75) is 25.1 Å². The van der Waals surface area contributed by atoms with E-state index >= 15 is 0 Å². The summed E-state index contributed by atoms with van der Waals surface area (Å²) in [6, 6.07) is 4.42. The summed E-state index contributed by atoms with van der Waals surface area (Å²) in [6.45, 7) is 0.226. The zero-order chi connectivity index (χ0) is 14.8. The van der Waals surface area contributed by atoms with Crippen LogP contribution in [-0.4, -0.2) is 23.2 Å². The van der Waals surface area contributed by atoms with Crippen molar-refractivity contribution in [2.75, 3.05) is 6.26 Å². The van der Waals surface area contributed by atoms with Gasteiger partial charge in [0.1, 0.15) is 11.2 Å². The predicted molar refractivity (Wildman–Crippen MR) is 74.8 cm³/mol. The summed E-state index contributed by atoms with van der Waals surface area (Å²) < 4.78 is 13.2. The van der Waals surface area contributed by atoms with Gasteiger partial charge in [0.25, 0.3) is 0 Å². The van der Waals surface area contributed by atoms with Crippen LogP contribution in [0.2, 0.25) is 0 Å². The minimum Gasteiger partial charge on any atom is -0.480 e. The smallest absolute Gasteiger partial charge is 0.319 e. The lowest BCUT2D eigenvalue weighted by molar-refractivity contribution is -0.149. The van der Waals surface area contributed by atoms with Crippen molar-refractivity contribution in [3.63, 3.8) is 0 Å². The molecule has 20 heavy (non-hydrogen) atoms. The Morgan fingerprint density at radius 1 is 1.40 bits per heavy atom. The summed E-state index contributed by atoms with van der Waals surface area (Å²) in [5, 5.41) is 11.7. The molecule has 1 aliphatic carbocycles. The maximum atomic E-state index is 13.2. The van der Waals surface area contributed by atoms with E-state index < -0.39 is 17.3 Å².